The van der Waals surface area contributed by atoms with Gasteiger partial charge in [0.2, 0.25) is 10.0 Å². The molecule has 0 bridgehead atoms. The van der Waals surface area contributed by atoms with Crippen molar-refractivity contribution in [3.63, 3.8) is 0 Å². The first-order chi connectivity index (χ1) is 9.65. The third kappa shape index (κ3) is 2.54. The van der Waals surface area contributed by atoms with E-state index in [2.05, 4.69) is 14.7 Å². The summed E-state index contributed by atoms with van der Waals surface area (Å²) in [5.74, 6) is 0. The van der Waals surface area contributed by atoms with E-state index in [-0.39, 0.29) is 11.4 Å². The fraction of sp³-hybridized carbons (Fsp3) is 0.0769. The highest BCUT2D eigenvalue weighted by Crippen LogP contribution is 2.18. The molecule has 6 nitrogen and oxygen atoms in total. The van der Waals surface area contributed by atoms with Gasteiger partial charge in [-0.05, 0) is 29.8 Å². The van der Waals surface area contributed by atoms with E-state index >= 15 is 0 Å². The van der Waals surface area contributed by atoms with Crippen LogP contribution in [0.2, 0.25) is 0 Å². The summed E-state index contributed by atoms with van der Waals surface area (Å²) in [6, 6.07) is 8.07. The van der Waals surface area contributed by atoms with Gasteiger partial charge in [-0.2, -0.15) is 0 Å². The number of fused-ring (bicyclic) bond motifs is 1. The summed E-state index contributed by atoms with van der Waals surface area (Å²) >= 11 is 0. The molecule has 0 atom stereocenters. The number of nitrogens with one attached hydrogen (secondary N) is 1. The van der Waals surface area contributed by atoms with Crippen LogP contribution in [0.5, 0.6) is 0 Å². The first-order valence-corrected chi connectivity index (χ1v) is 7.35. The van der Waals surface area contributed by atoms with E-state index in [9.17, 15) is 8.42 Å². The highest BCUT2D eigenvalue weighted by atomic mass is 32.2. The summed E-state index contributed by atoms with van der Waals surface area (Å²) in [6.07, 6.45) is 4.51. The largest absolute Gasteiger partial charge is 0.443 e. The normalized spacial score (nSPS) is 11.8. The molecule has 0 unspecified atom stereocenters. The number of pyridine rings is 1. The molecule has 2 aromatic heterocycles. The van der Waals surface area contributed by atoms with E-state index in [4.69, 9.17) is 4.42 Å². The van der Waals surface area contributed by atoms with Crippen molar-refractivity contribution < 1.29 is 12.8 Å². The Bertz CT molecular complexity index is 828. The molecule has 3 aromatic rings. The summed E-state index contributed by atoms with van der Waals surface area (Å²) in [4.78, 5) is 7.98. The van der Waals surface area contributed by atoms with E-state index < -0.39 is 10.0 Å². The zero-order valence-corrected chi connectivity index (χ0v) is 11.2. The lowest BCUT2D eigenvalue weighted by Gasteiger charge is -2.06. The highest BCUT2D eigenvalue weighted by Gasteiger charge is 2.15. The summed E-state index contributed by atoms with van der Waals surface area (Å²) in [6.45, 7) is 0.208. The molecular formula is C13H11N3O3S. The van der Waals surface area contributed by atoms with E-state index in [1.54, 1.807) is 30.6 Å². The number of rotatable bonds is 4. The maximum absolute atomic E-state index is 12.2. The summed E-state index contributed by atoms with van der Waals surface area (Å²) in [5, 5.41) is 0. The molecule has 2 heterocycles. The number of benzene rings is 1. The van der Waals surface area contributed by atoms with Crippen LogP contribution in [0.3, 0.4) is 0 Å². The number of sulfonamides is 1. The maximum atomic E-state index is 12.2. The molecule has 7 heteroatoms. The SMILES string of the molecule is O=S(=O)(NCc1ccncc1)c1ccc2ncoc2c1. The lowest BCUT2D eigenvalue weighted by molar-refractivity contribution is 0.579. The molecule has 0 aliphatic rings. The van der Waals surface area contributed by atoms with Crippen LogP contribution in [-0.4, -0.2) is 18.4 Å². The molecule has 1 N–H and O–H groups in total. The predicted molar refractivity (Wildman–Crippen MR) is 72.3 cm³/mol. The van der Waals surface area contributed by atoms with Gasteiger partial charge in [-0.3, -0.25) is 4.98 Å². The molecule has 20 heavy (non-hydrogen) atoms. The summed E-state index contributed by atoms with van der Waals surface area (Å²) < 4.78 is 32.0. The van der Waals surface area contributed by atoms with Crippen LogP contribution in [0.15, 0.2) is 58.4 Å². The third-order valence-corrected chi connectivity index (χ3v) is 4.23. The maximum Gasteiger partial charge on any atom is 0.241 e. The van der Waals surface area contributed by atoms with Crippen LogP contribution in [0.25, 0.3) is 11.1 Å². The molecule has 3 rings (SSSR count). The van der Waals surface area contributed by atoms with Gasteiger partial charge in [0.15, 0.2) is 12.0 Å². The van der Waals surface area contributed by atoms with Crippen LogP contribution in [-0.2, 0) is 16.6 Å². The van der Waals surface area contributed by atoms with Crippen molar-refractivity contribution in [2.75, 3.05) is 0 Å². The van der Waals surface area contributed by atoms with Gasteiger partial charge < -0.3 is 4.42 Å². The van der Waals surface area contributed by atoms with E-state index in [0.29, 0.717) is 11.1 Å². The number of hydrogen-bond acceptors (Lipinski definition) is 5. The van der Waals surface area contributed by atoms with Crippen LogP contribution in [0.4, 0.5) is 0 Å². The van der Waals surface area contributed by atoms with Gasteiger partial charge in [0.1, 0.15) is 5.52 Å². The van der Waals surface area contributed by atoms with Gasteiger partial charge in [-0.25, -0.2) is 18.1 Å². The molecule has 0 amide bonds. The molecular weight excluding hydrogens is 278 g/mol. The average molecular weight is 289 g/mol. The molecule has 0 aliphatic heterocycles. The second-order valence-corrected chi connectivity index (χ2v) is 5.93. The summed E-state index contributed by atoms with van der Waals surface area (Å²) in [5.41, 5.74) is 1.90. The van der Waals surface area contributed by atoms with E-state index in [1.165, 1.54) is 18.5 Å². The minimum Gasteiger partial charge on any atom is -0.443 e. The van der Waals surface area contributed by atoms with Gasteiger partial charge in [-0.1, -0.05) is 0 Å². The standard InChI is InChI=1S/C13H11N3O3S/c17-20(18,16-8-10-3-5-14-6-4-10)11-1-2-12-13(7-11)19-9-15-12/h1-7,9,16H,8H2. The minimum atomic E-state index is -3.59. The fourth-order valence-corrected chi connectivity index (χ4v) is 2.80. The second kappa shape index (κ2) is 5.03. The van der Waals surface area contributed by atoms with Crippen molar-refractivity contribution >= 4 is 21.1 Å². The van der Waals surface area contributed by atoms with Crippen LogP contribution in [0, 0.1) is 0 Å². The van der Waals surface area contributed by atoms with Crippen molar-refractivity contribution in [1.82, 2.24) is 14.7 Å². The lowest BCUT2D eigenvalue weighted by atomic mass is 10.3. The first kappa shape index (κ1) is 12.8. The summed E-state index contributed by atoms with van der Waals surface area (Å²) in [7, 11) is -3.59. The van der Waals surface area contributed by atoms with E-state index in [0.717, 1.165) is 5.56 Å². The molecule has 0 saturated heterocycles. The van der Waals surface area contributed by atoms with Crippen LogP contribution < -0.4 is 4.72 Å². The number of nitrogens with zero attached hydrogens (tertiary/aromatic N) is 2. The molecule has 102 valence electrons. The van der Waals surface area contributed by atoms with Crippen molar-refractivity contribution in [3.8, 4) is 0 Å². The zero-order chi connectivity index (χ0) is 14.0. The molecule has 1 aromatic carbocycles. The monoisotopic (exact) mass is 289 g/mol. The lowest BCUT2D eigenvalue weighted by Crippen LogP contribution is -2.23. The molecule has 0 saturated carbocycles. The Morgan fingerprint density at radius 3 is 2.75 bits per heavy atom. The van der Waals surface area contributed by atoms with Crippen molar-refractivity contribution in [3.05, 3.63) is 54.7 Å². The van der Waals surface area contributed by atoms with Crippen molar-refractivity contribution in [2.24, 2.45) is 0 Å². The van der Waals surface area contributed by atoms with Gasteiger partial charge in [0, 0.05) is 25.0 Å². The smallest absolute Gasteiger partial charge is 0.241 e. The Morgan fingerprint density at radius 1 is 1.15 bits per heavy atom. The molecule has 0 radical (unpaired) electrons. The van der Waals surface area contributed by atoms with E-state index in [1.807, 2.05) is 0 Å². The number of aromatic nitrogens is 2. The Hall–Kier alpha value is -2.25. The van der Waals surface area contributed by atoms with Gasteiger partial charge in [-0.15, -0.1) is 0 Å². The quantitative estimate of drug-likeness (QED) is 0.790. The second-order valence-electron chi connectivity index (χ2n) is 4.16. The number of oxazole rings is 1. The Labute approximate surface area is 115 Å². The van der Waals surface area contributed by atoms with Crippen molar-refractivity contribution in [2.45, 2.75) is 11.4 Å². The molecule has 0 fully saturated rings. The first-order valence-electron chi connectivity index (χ1n) is 5.87. The van der Waals surface area contributed by atoms with Crippen LogP contribution >= 0.6 is 0 Å². The fourth-order valence-electron chi connectivity index (χ4n) is 1.76. The topological polar surface area (TPSA) is 85.1 Å². The Balaban J connectivity index is 1.84. The van der Waals surface area contributed by atoms with Gasteiger partial charge in [0.25, 0.3) is 0 Å². The molecule has 0 spiro atoms. The number of hydrogen-bond donors (Lipinski definition) is 1. The third-order valence-electron chi connectivity index (χ3n) is 2.83. The van der Waals surface area contributed by atoms with Crippen LogP contribution in [0.1, 0.15) is 5.56 Å². The van der Waals surface area contributed by atoms with Gasteiger partial charge >= 0.3 is 0 Å². The van der Waals surface area contributed by atoms with Gasteiger partial charge in [0.05, 0.1) is 4.90 Å². The predicted octanol–water partition coefficient (Wildman–Crippen LogP) is 1.70. The minimum absolute atomic E-state index is 0.149. The average Bonchev–Trinajstić information content (AvgIpc) is 2.94. The Morgan fingerprint density at radius 2 is 1.95 bits per heavy atom. The molecule has 0 aliphatic carbocycles. The van der Waals surface area contributed by atoms with Crippen molar-refractivity contribution in [1.29, 1.82) is 0 Å². The zero-order valence-electron chi connectivity index (χ0n) is 10.4. The highest BCUT2D eigenvalue weighted by molar-refractivity contribution is 7.89. The Kier molecular flexibility index (Phi) is 3.21.